The Balaban J connectivity index is 4.22. The van der Waals surface area contributed by atoms with Crippen LogP contribution in [0.5, 0.6) is 0 Å². The zero-order chi connectivity index (χ0) is 12.0. The quantitative estimate of drug-likeness (QED) is 0.708. The van der Waals surface area contributed by atoms with Crippen LogP contribution in [0.3, 0.4) is 0 Å². The van der Waals surface area contributed by atoms with Gasteiger partial charge in [-0.25, -0.2) is 0 Å². The largest absolute Gasteiger partial charge is 0.352 e. The molecule has 0 saturated carbocycles. The van der Waals surface area contributed by atoms with Crippen LogP contribution >= 0.6 is 11.6 Å². The molecule has 0 rings (SSSR count). The minimum atomic E-state index is -0.116. The summed E-state index contributed by atoms with van der Waals surface area (Å²) in [5, 5.41) is 3.03. The number of amides is 1. The summed E-state index contributed by atoms with van der Waals surface area (Å²) in [6, 6.07) is 0.193. The molecule has 0 heterocycles. The summed E-state index contributed by atoms with van der Waals surface area (Å²) in [6.07, 6.45) is 0. The van der Waals surface area contributed by atoms with Crippen LogP contribution in [-0.4, -0.2) is 43.4 Å². The van der Waals surface area contributed by atoms with Crippen molar-refractivity contribution in [2.75, 3.05) is 26.5 Å². The number of rotatable bonds is 6. The molecule has 0 aromatic heterocycles. The van der Waals surface area contributed by atoms with Gasteiger partial charge in [-0.2, -0.15) is 0 Å². The van der Waals surface area contributed by atoms with Gasteiger partial charge in [0.1, 0.15) is 0 Å². The number of hydrogen-bond acceptors (Lipinski definition) is 2. The Bertz CT molecular complexity index is 195. The summed E-state index contributed by atoms with van der Waals surface area (Å²) >= 11 is 5.64. The van der Waals surface area contributed by atoms with Crippen molar-refractivity contribution in [3.8, 4) is 0 Å². The van der Waals surface area contributed by atoms with E-state index in [0.29, 0.717) is 11.8 Å². The molecule has 2 unspecified atom stereocenters. The molecule has 0 saturated heterocycles. The van der Waals surface area contributed by atoms with Gasteiger partial charge in [-0.15, -0.1) is 11.6 Å². The van der Waals surface area contributed by atoms with Gasteiger partial charge in [0.25, 0.3) is 0 Å². The van der Waals surface area contributed by atoms with E-state index in [9.17, 15) is 4.79 Å². The normalized spacial score (nSPS) is 15.5. The van der Waals surface area contributed by atoms with Crippen LogP contribution in [0.15, 0.2) is 0 Å². The van der Waals surface area contributed by atoms with Gasteiger partial charge in [-0.3, -0.25) is 4.79 Å². The van der Waals surface area contributed by atoms with Crippen molar-refractivity contribution in [1.82, 2.24) is 10.2 Å². The Morgan fingerprint density at radius 1 is 1.33 bits per heavy atom. The predicted octanol–water partition coefficient (Wildman–Crippen LogP) is 1.56. The van der Waals surface area contributed by atoms with E-state index in [1.165, 1.54) is 0 Å². The third-order valence-electron chi connectivity index (χ3n) is 2.37. The zero-order valence-corrected chi connectivity index (χ0v) is 11.1. The van der Waals surface area contributed by atoms with Gasteiger partial charge in [0.15, 0.2) is 0 Å². The number of nitrogens with one attached hydrogen (secondary N) is 1. The van der Waals surface area contributed by atoms with Crippen molar-refractivity contribution < 1.29 is 4.79 Å². The first-order valence-corrected chi connectivity index (χ1v) is 5.93. The summed E-state index contributed by atoms with van der Waals surface area (Å²) < 4.78 is 0. The maximum absolute atomic E-state index is 11.7. The first-order chi connectivity index (χ1) is 6.88. The molecule has 0 spiro atoms. The van der Waals surface area contributed by atoms with E-state index in [0.717, 1.165) is 6.54 Å². The van der Waals surface area contributed by atoms with Crippen molar-refractivity contribution in [3.63, 3.8) is 0 Å². The van der Waals surface area contributed by atoms with Crippen LogP contribution < -0.4 is 5.32 Å². The van der Waals surface area contributed by atoms with Gasteiger partial charge in [0.2, 0.25) is 5.91 Å². The van der Waals surface area contributed by atoms with Gasteiger partial charge >= 0.3 is 0 Å². The predicted molar refractivity (Wildman–Crippen MR) is 65.2 cm³/mol. The molecule has 1 amide bonds. The summed E-state index contributed by atoms with van der Waals surface area (Å²) in [4.78, 5) is 13.7. The van der Waals surface area contributed by atoms with Gasteiger partial charge in [-0.05, 0) is 20.0 Å². The molecule has 0 fully saturated rings. The summed E-state index contributed by atoms with van der Waals surface area (Å²) in [7, 11) is 4.01. The Hall–Kier alpha value is -0.280. The van der Waals surface area contributed by atoms with Crippen molar-refractivity contribution in [2.45, 2.75) is 26.8 Å². The Kier molecular flexibility index (Phi) is 6.94. The van der Waals surface area contributed by atoms with Crippen LogP contribution in [-0.2, 0) is 4.79 Å². The summed E-state index contributed by atoms with van der Waals surface area (Å²) in [6.45, 7) is 6.92. The Labute approximate surface area is 98.2 Å². The molecular weight excluding hydrogens is 212 g/mol. The lowest BCUT2D eigenvalue weighted by Gasteiger charge is -2.26. The number of likely N-dealkylation sites (N-methyl/N-ethyl adjacent to an activating group) is 1. The third kappa shape index (κ3) is 6.00. The first kappa shape index (κ1) is 14.7. The van der Waals surface area contributed by atoms with E-state index in [4.69, 9.17) is 11.6 Å². The highest BCUT2D eigenvalue weighted by Gasteiger charge is 2.19. The fraction of sp³-hybridized carbons (Fsp3) is 0.909. The molecule has 0 aromatic rings. The highest BCUT2D eigenvalue weighted by atomic mass is 35.5. The molecule has 15 heavy (non-hydrogen) atoms. The molecule has 0 aliphatic heterocycles. The van der Waals surface area contributed by atoms with Crippen LogP contribution in [0.4, 0.5) is 0 Å². The monoisotopic (exact) mass is 234 g/mol. The number of nitrogens with zero attached hydrogens (tertiary/aromatic N) is 1. The molecule has 4 heteroatoms. The fourth-order valence-corrected chi connectivity index (χ4v) is 1.35. The molecule has 0 aromatic carbocycles. The van der Waals surface area contributed by atoms with E-state index in [1.807, 2.05) is 21.0 Å². The maximum atomic E-state index is 11.7. The number of alkyl halides is 1. The van der Waals surface area contributed by atoms with Crippen LogP contribution in [0.2, 0.25) is 0 Å². The summed E-state index contributed by atoms with van der Waals surface area (Å²) in [5.41, 5.74) is 0. The first-order valence-electron chi connectivity index (χ1n) is 5.39. The van der Waals surface area contributed by atoms with Crippen molar-refractivity contribution in [1.29, 1.82) is 0 Å². The lowest BCUT2D eigenvalue weighted by molar-refractivity contribution is -0.125. The van der Waals surface area contributed by atoms with Gasteiger partial charge < -0.3 is 10.2 Å². The Morgan fingerprint density at radius 2 is 1.87 bits per heavy atom. The topological polar surface area (TPSA) is 32.3 Å². The van der Waals surface area contributed by atoms with E-state index in [-0.39, 0.29) is 17.9 Å². The van der Waals surface area contributed by atoms with Crippen molar-refractivity contribution in [3.05, 3.63) is 0 Å². The minimum Gasteiger partial charge on any atom is -0.352 e. The number of carbonyl (C=O) groups is 1. The summed E-state index contributed by atoms with van der Waals surface area (Å²) in [5.74, 6) is 0.734. The highest BCUT2D eigenvalue weighted by Crippen LogP contribution is 2.05. The molecule has 3 nitrogen and oxygen atoms in total. The standard InChI is InChI=1S/C11H23ClN2O/c1-8(2)10(7-14(4)5)13-11(15)9(3)6-12/h8-10H,6-7H2,1-5H3,(H,13,15). The van der Waals surface area contributed by atoms with Crippen LogP contribution in [0, 0.1) is 11.8 Å². The van der Waals surface area contributed by atoms with E-state index in [1.54, 1.807) is 0 Å². The molecule has 0 bridgehead atoms. The number of carbonyl (C=O) groups excluding carboxylic acids is 1. The molecule has 0 aliphatic carbocycles. The average molecular weight is 235 g/mol. The second-order valence-electron chi connectivity index (χ2n) is 4.68. The van der Waals surface area contributed by atoms with E-state index >= 15 is 0 Å². The van der Waals surface area contributed by atoms with Gasteiger partial charge in [-0.1, -0.05) is 20.8 Å². The SMILES string of the molecule is CC(CCl)C(=O)NC(CN(C)C)C(C)C. The van der Waals surface area contributed by atoms with Gasteiger partial charge in [0.05, 0.1) is 0 Å². The highest BCUT2D eigenvalue weighted by molar-refractivity contribution is 6.19. The maximum Gasteiger partial charge on any atom is 0.224 e. The molecule has 1 N–H and O–H groups in total. The zero-order valence-electron chi connectivity index (χ0n) is 10.4. The third-order valence-corrected chi connectivity index (χ3v) is 2.84. The van der Waals surface area contributed by atoms with Crippen molar-refractivity contribution in [2.24, 2.45) is 11.8 Å². The average Bonchev–Trinajstić information content (AvgIpc) is 2.14. The van der Waals surface area contributed by atoms with E-state index < -0.39 is 0 Å². The van der Waals surface area contributed by atoms with Crippen LogP contribution in [0.25, 0.3) is 0 Å². The van der Waals surface area contributed by atoms with Crippen LogP contribution in [0.1, 0.15) is 20.8 Å². The molecule has 2 atom stereocenters. The van der Waals surface area contributed by atoms with Gasteiger partial charge in [0, 0.05) is 24.4 Å². The minimum absolute atomic E-state index is 0.0468. The molecular formula is C11H23ClN2O. The lowest BCUT2D eigenvalue weighted by atomic mass is 10.0. The molecule has 0 aliphatic rings. The van der Waals surface area contributed by atoms with E-state index in [2.05, 4.69) is 24.1 Å². The molecule has 90 valence electrons. The Morgan fingerprint density at radius 3 is 2.20 bits per heavy atom. The molecule has 0 radical (unpaired) electrons. The second kappa shape index (κ2) is 7.07. The number of hydrogen-bond donors (Lipinski definition) is 1. The lowest BCUT2D eigenvalue weighted by Crippen LogP contribution is -2.46. The smallest absolute Gasteiger partial charge is 0.224 e. The number of halogens is 1. The fourth-order valence-electron chi connectivity index (χ4n) is 1.21. The second-order valence-corrected chi connectivity index (χ2v) is 4.99. The van der Waals surface area contributed by atoms with Crippen molar-refractivity contribution >= 4 is 17.5 Å².